The van der Waals surface area contributed by atoms with Gasteiger partial charge in [-0.15, -0.1) is 0 Å². The third-order valence-electron chi connectivity index (χ3n) is 3.84. The van der Waals surface area contributed by atoms with Gasteiger partial charge in [0.05, 0.1) is 5.69 Å². The van der Waals surface area contributed by atoms with Crippen molar-refractivity contribution in [3.8, 4) is 0 Å². The van der Waals surface area contributed by atoms with E-state index in [9.17, 15) is 13.6 Å². The first-order valence-electron chi connectivity index (χ1n) is 8.13. The van der Waals surface area contributed by atoms with E-state index in [2.05, 4.69) is 22.5 Å². The molecule has 0 saturated carbocycles. The van der Waals surface area contributed by atoms with Crippen molar-refractivity contribution in [2.45, 2.75) is 13.3 Å². The normalized spacial score (nSPS) is 10.4. The van der Waals surface area contributed by atoms with Gasteiger partial charge in [0.2, 0.25) is 0 Å². The number of halogens is 2. The molecule has 1 amide bonds. The van der Waals surface area contributed by atoms with Gasteiger partial charge in [-0.3, -0.25) is 4.79 Å². The van der Waals surface area contributed by atoms with E-state index >= 15 is 0 Å². The molecule has 2 aromatic carbocycles. The van der Waals surface area contributed by atoms with Gasteiger partial charge in [0.25, 0.3) is 5.91 Å². The Morgan fingerprint density at radius 3 is 2.50 bits per heavy atom. The fourth-order valence-electron chi connectivity index (χ4n) is 2.40. The Morgan fingerprint density at radius 1 is 1.04 bits per heavy atom. The van der Waals surface area contributed by atoms with Gasteiger partial charge in [-0.2, -0.15) is 0 Å². The maximum absolute atomic E-state index is 13.7. The summed E-state index contributed by atoms with van der Waals surface area (Å²) in [6, 6.07) is 13.9. The molecule has 2 N–H and O–H groups in total. The van der Waals surface area contributed by atoms with Crippen molar-refractivity contribution in [3.63, 3.8) is 0 Å². The highest BCUT2D eigenvalue weighted by molar-refractivity contribution is 6.04. The van der Waals surface area contributed by atoms with E-state index in [0.717, 1.165) is 24.2 Å². The third kappa shape index (κ3) is 4.22. The topological polar surface area (TPSA) is 54.0 Å². The summed E-state index contributed by atoms with van der Waals surface area (Å²) in [6.07, 6.45) is 2.44. The second-order valence-electron chi connectivity index (χ2n) is 5.68. The Balaban J connectivity index is 1.74. The fraction of sp³-hybridized carbons (Fsp3) is 0.100. The minimum atomic E-state index is -0.832. The summed E-state index contributed by atoms with van der Waals surface area (Å²) in [5.74, 6) is -1.56. The molecule has 3 aromatic rings. The molecule has 4 nitrogen and oxygen atoms in total. The predicted molar refractivity (Wildman–Crippen MR) is 97.7 cm³/mol. The van der Waals surface area contributed by atoms with Crippen LogP contribution in [-0.2, 0) is 6.42 Å². The van der Waals surface area contributed by atoms with Crippen molar-refractivity contribution < 1.29 is 13.6 Å². The minimum absolute atomic E-state index is 0.0853. The lowest BCUT2D eigenvalue weighted by atomic mass is 10.1. The molecular weight excluding hydrogens is 336 g/mol. The number of hydrogen-bond acceptors (Lipinski definition) is 3. The quantitative estimate of drug-likeness (QED) is 0.685. The molecule has 0 aliphatic carbocycles. The number of carbonyl (C=O) groups is 1. The summed E-state index contributed by atoms with van der Waals surface area (Å²) >= 11 is 0. The van der Waals surface area contributed by atoms with Gasteiger partial charge in [0.1, 0.15) is 17.5 Å². The first kappa shape index (κ1) is 17.5. The number of aryl methyl sites for hydroxylation is 1. The van der Waals surface area contributed by atoms with Crippen molar-refractivity contribution in [3.05, 3.63) is 83.6 Å². The van der Waals surface area contributed by atoms with Crippen LogP contribution >= 0.6 is 0 Å². The van der Waals surface area contributed by atoms with Crippen molar-refractivity contribution >= 4 is 23.1 Å². The number of anilines is 3. The van der Waals surface area contributed by atoms with Crippen LogP contribution in [0.2, 0.25) is 0 Å². The number of carbonyl (C=O) groups excluding carboxylic acids is 1. The molecule has 0 bridgehead atoms. The highest BCUT2D eigenvalue weighted by Gasteiger charge is 2.11. The van der Waals surface area contributed by atoms with E-state index in [0.29, 0.717) is 11.4 Å². The van der Waals surface area contributed by atoms with Crippen LogP contribution in [0.25, 0.3) is 0 Å². The Kier molecular flexibility index (Phi) is 5.22. The molecule has 0 atom stereocenters. The molecule has 1 aromatic heterocycles. The highest BCUT2D eigenvalue weighted by Crippen LogP contribution is 2.19. The second kappa shape index (κ2) is 7.74. The summed E-state index contributed by atoms with van der Waals surface area (Å²) in [4.78, 5) is 16.5. The number of rotatable bonds is 5. The Hall–Kier alpha value is -3.28. The van der Waals surface area contributed by atoms with Crippen LogP contribution in [0.15, 0.2) is 60.8 Å². The summed E-state index contributed by atoms with van der Waals surface area (Å²) in [6.45, 7) is 2.08. The van der Waals surface area contributed by atoms with E-state index in [1.54, 1.807) is 6.07 Å². The average Bonchev–Trinajstić information content (AvgIpc) is 2.65. The number of nitrogens with zero attached hydrogens (tertiary/aromatic N) is 1. The van der Waals surface area contributed by atoms with E-state index in [-0.39, 0.29) is 5.69 Å². The van der Waals surface area contributed by atoms with Crippen LogP contribution < -0.4 is 10.6 Å². The minimum Gasteiger partial charge on any atom is -0.340 e. The fourth-order valence-corrected chi connectivity index (χ4v) is 2.40. The average molecular weight is 353 g/mol. The zero-order chi connectivity index (χ0) is 18.5. The summed E-state index contributed by atoms with van der Waals surface area (Å²) < 4.78 is 26.6. The maximum Gasteiger partial charge on any atom is 0.255 e. The Bertz CT molecular complexity index is 927. The number of aromatic nitrogens is 1. The summed E-state index contributed by atoms with van der Waals surface area (Å²) in [5.41, 5.74) is 2.28. The van der Waals surface area contributed by atoms with Gasteiger partial charge in [0.15, 0.2) is 0 Å². The Morgan fingerprint density at radius 2 is 1.81 bits per heavy atom. The van der Waals surface area contributed by atoms with Gasteiger partial charge in [-0.25, -0.2) is 13.8 Å². The summed E-state index contributed by atoms with van der Waals surface area (Å²) in [7, 11) is 0. The number of pyridine rings is 1. The van der Waals surface area contributed by atoms with E-state index < -0.39 is 17.5 Å². The highest BCUT2D eigenvalue weighted by atomic mass is 19.1. The van der Waals surface area contributed by atoms with Crippen molar-refractivity contribution in [1.29, 1.82) is 0 Å². The van der Waals surface area contributed by atoms with Crippen LogP contribution in [-0.4, -0.2) is 10.9 Å². The van der Waals surface area contributed by atoms with Crippen molar-refractivity contribution in [1.82, 2.24) is 4.98 Å². The van der Waals surface area contributed by atoms with Crippen LogP contribution in [0.5, 0.6) is 0 Å². The zero-order valence-electron chi connectivity index (χ0n) is 14.1. The first-order chi connectivity index (χ1) is 12.5. The van der Waals surface area contributed by atoms with E-state index in [4.69, 9.17) is 0 Å². The molecule has 6 heteroatoms. The van der Waals surface area contributed by atoms with Crippen LogP contribution in [0, 0.1) is 11.6 Å². The molecule has 3 rings (SSSR count). The number of benzene rings is 2. The molecule has 0 radical (unpaired) electrons. The molecule has 0 aliphatic heterocycles. The largest absolute Gasteiger partial charge is 0.340 e. The lowest BCUT2D eigenvalue weighted by Crippen LogP contribution is -2.13. The standard InChI is InChI=1S/C20H17F2N3O/c1-2-13-3-6-16(7-4-13)24-19-11-14(9-10-23-19)20(26)25-18-8-5-15(21)12-17(18)22/h3-12H,2H2,1H3,(H,23,24)(H,25,26). The van der Waals surface area contributed by atoms with Gasteiger partial charge < -0.3 is 10.6 Å². The molecule has 1 heterocycles. The van der Waals surface area contributed by atoms with Gasteiger partial charge in [0, 0.05) is 23.5 Å². The van der Waals surface area contributed by atoms with Gasteiger partial charge in [-0.1, -0.05) is 19.1 Å². The summed E-state index contributed by atoms with van der Waals surface area (Å²) in [5, 5.41) is 5.54. The van der Waals surface area contributed by atoms with Crippen LogP contribution in [0.1, 0.15) is 22.8 Å². The number of hydrogen-bond donors (Lipinski definition) is 2. The van der Waals surface area contributed by atoms with Crippen molar-refractivity contribution in [2.75, 3.05) is 10.6 Å². The lowest BCUT2D eigenvalue weighted by molar-refractivity contribution is 0.102. The van der Waals surface area contributed by atoms with Gasteiger partial charge >= 0.3 is 0 Å². The maximum atomic E-state index is 13.7. The zero-order valence-corrected chi connectivity index (χ0v) is 14.1. The third-order valence-corrected chi connectivity index (χ3v) is 3.84. The molecule has 0 fully saturated rings. The first-order valence-corrected chi connectivity index (χ1v) is 8.13. The molecule has 0 spiro atoms. The van der Waals surface area contributed by atoms with E-state index in [1.165, 1.54) is 23.9 Å². The Labute approximate surface area is 149 Å². The smallest absolute Gasteiger partial charge is 0.255 e. The monoisotopic (exact) mass is 353 g/mol. The predicted octanol–water partition coefficient (Wildman–Crippen LogP) is 4.92. The van der Waals surface area contributed by atoms with E-state index in [1.807, 2.05) is 24.3 Å². The molecule has 26 heavy (non-hydrogen) atoms. The number of amides is 1. The molecule has 0 aliphatic rings. The molecule has 0 unspecified atom stereocenters. The van der Waals surface area contributed by atoms with Crippen molar-refractivity contribution in [2.24, 2.45) is 0 Å². The molecular formula is C20H17F2N3O. The van der Waals surface area contributed by atoms with Crippen LogP contribution in [0.3, 0.4) is 0 Å². The molecule has 132 valence electrons. The van der Waals surface area contributed by atoms with Gasteiger partial charge in [-0.05, 0) is 48.4 Å². The van der Waals surface area contributed by atoms with Crippen LogP contribution in [0.4, 0.5) is 26.0 Å². The number of nitrogens with one attached hydrogen (secondary N) is 2. The lowest BCUT2D eigenvalue weighted by Gasteiger charge is -2.09. The second-order valence-corrected chi connectivity index (χ2v) is 5.68. The SMILES string of the molecule is CCc1ccc(Nc2cc(C(=O)Nc3ccc(F)cc3F)ccn2)cc1. The molecule has 0 saturated heterocycles.